The Morgan fingerprint density at radius 2 is 1.92 bits per heavy atom. The summed E-state index contributed by atoms with van der Waals surface area (Å²) in [5.74, 6) is 0. The average molecular weight is 179 g/mol. The molecule has 74 valence electrons. The van der Waals surface area contributed by atoms with E-state index < -0.39 is 0 Å². The predicted molar refractivity (Wildman–Crippen MR) is 56.6 cm³/mol. The van der Waals surface area contributed by atoms with Crippen LogP contribution in [0.15, 0.2) is 11.3 Å². The average Bonchev–Trinajstić information content (AvgIpc) is 2.52. The quantitative estimate of drug-likeness (QED) is 0.597. The van der Waals surface area contributed by atoms with Crippen molar-refractivity contribution in [2.24, 2.45) is 0 Å². The minimum absolute atomic E-state index is 0.808. The highest BCUT2D eigenvalue weighted by Gasteiger charge is 2.24. The number of likely N-dealkylation sites (tertiary alicyclic amines) is 1. The molecule has 1 atom stereocenters. The second kappa shape index (κ2) is 3.73. The third kappa shape index (κ3) is 1.74. The largest absolute Gasteiger partial charge is 0.372 e. The summed E-state index contributed by atoms with van der Waals surface area (Å²) in [6.07, 6.45) is 8.32. The number of hydrogen-bond donors (Lipinski definition) is 0. The van der Waals surface area contributed by atoms with Crippen molar-refractivity contribution < 1.29 is 0 Å². The van der Waals surface area contributed by atoms with Crippen molar-refractivity contribution in [1.29, 1.82) is 0 Å². The maximum Gasteiger partial charge on any atom is 0.0259 e. The minimum Gasteiger partial charge on any atom is -0.372 e. The number of hydrogen-bond acceptors (Lipinski definition) is 1. The highest BCUT2D eigenvalue weighted by molar-refractivity contribution is 5.15. The summed E-state index contributed by atoms with van der Waals surface area (Å²) in [6.45, 7) is 6.02. The molecule has 0 unspecified atom stereocenters. The van der Waals surface area contributed by atoms with E-state index in [0.29, 0.717) is 0 Å². The molecule has 1 saturated heterocycles. The lowest BCUT2D eigenvalue weighted by atomic mass is 9.96. The Bertz CT molecular complexity index is 217. The van der Waals surface area contributed by atoms with Crippen molar-refractivity contribution in [2.75, 3.05) is 6.54 Å². The molecule has 2 rings (SSSR count). The maximum atomic E-state index is 2.66. The summed E-state index contributed by atoms with van der Waals surface area (Å²) in [7, 11) is 0. The van der Waals surface area contributed by atoms with Gasteiger partial charge in [-0.15, -0.1) is 0 Å². The fourth-order valence-electron chi connectivity index (χ4n) is 2.76. The maximum absolute atomic E-state index is 2.66. The lowest BCUT2D eigenvalue weighted by Gasteiger charge is -2.31. The molecule has 0 aromatic heterocycles. The second-order valence-corrected chi connectivity index (χ2v) is 4.62. The molecule has 1 fully saturated rings. The fraction of sp³-hybridized carbons (Fsp3) is 0.833. The Kier molecular flexibility index (Phi) is 2.61. The topological polar surface area (TPSA) is 3.24 Å². The van der Waals surface area contributed by atoms with Crippen molar-refractivity contribution in [3.8, 4) is 0 Å². The Hall–Kier alpha value is -0.460. The summed E-state index contributed by atoms with van der Waals surface area (Å²) in [5.41, 5.74) is 3.36. The zero-order valence-corrected chi connectivity index (χ0v) is 8.97. The number of nitrogens with zero attached hydrogens (tertiary/aromatic N) is 1. The van der Waals surface area contributed by atoms with Crippen LogP contribution >= 0.6 is 0 Å². The molecule has 0 saturated carbocycles. The lowest BCUT2D eigenvalue weighted by molar-refractivity contribution is 0.313. The summed E-state index contributed by atoms with van der Waals surface area (Å²) in [5, 5.41) is 0. The van der Waals surface area contributed by atoms with Crippen LogP contribution in [-0.4, -0.2) is 17.5 Å². The first-order valence-corrected chi connectivity index (χ1v) is 5.74. The van der Waals surface area contributed by atoms with Gasteiger partial charge < -0.3 is 4.90 Å². The van der Waals surface area contributed by atoms with Crippen molar-refractivity contribution in [1.82, 2.24) is 4.90 Å². The summed E-state index contributed by atoms with van der Waals surface area (Å²) in [4.78, 5) is 2.66. The van der Waals surface area contributed by atoms with Crippen LogP contribution in [0.25, 0.3) is 0 Å². The van der Waals surface area contributed by atoms with E-state index in [1.807, 2.05) is 0 Å². The van der Waals surface area contributed by atoms with E-state index in [1.54, 1.807) is 11.3 Å². The van der Waals surface area contributed by atoms with Crippen LogP contribution < -0.4 is 0 Å². The molecule has 0 aromatic carbocycles. The Labute approximate surface area is 81.8 Å². The molecule has 0 radical (unpaired) electrons. The highest BCUT2D eigenvalue weighted by Crippen LogP contribution is 2.31. The lowest BCUT2D eigenvalue weighted by Crippen LogP contribution is -2.28. The Morgan fingerprint density at radius 1 is 1.15 bits per heavy atom. The minimum atomic E-state index is 0.808. The van der Waals surface area contributed by atoms with Crippen molar-refractivity contribution in [3.63, 3.8) is 0 Å². The molecule has 0 amide bonds. The zero-order valence-electron chi connectivity index (χ0n) is 8.97. The third-order valence-electron chi connectivity index (χ3n) is 3.61. The summed E-state index contributed by atoms with van der Waals surface area (Å²) >= 11 is 0. The van der Waals surface area contributed by atoms with E-state index in [1.165, 1.54) is 45.1 Å². The van der Waals surface area contributed by atoms with Crippen LogP contribution in [0.1, 0.15) is 52.4 Å². The summed E-state index contributed by atoms with van der Waals surface area (Å²) < 4.78 is 0. The van der Waals surface area contributed by atoms with Gasteiger partial charge in [-0.3, -0.25) is 0 Å². The second-order valence-electron chi connectivity index (χ2n) is 4.62. The van der Waals surface area contributed by atoms with Crippen LogP contribution in [0, 0.1) is 0 Å². The van der Waals surface area contributed by atoms with Gasteiger partial charge in [0.15, 0.2) is 0 Å². The van der Waals surface area contributed by atoms with Crippen LogP contribution in [0.3, 0.4) is 0 Å². The molecular weight excluding hydrogens is 158 g/mol. The molecular formula is C12H21N. The molecule has 1 heterocycles. The van der Waals surface area contributed by atoms with Gasteiger partial charge in [0.25, 0.3) is 0 Å². The van der Waals surface area contributed by atoms with Crippen LogP contribution in [-0.2, 0) is 0 Å². The van der Waals surface area contributed by atoms with Gasteiger partial charge in [-0.25, -0.2) is 0 Å². The van der Waals surface area contributed by atoms with Crippen LogP contribution in [0.2, 0.25) is 0 Å². The van der Waals surface area contributed by atoms with Gasteiger partial charge in [0.1, 0.15) is 0 Å². The normalized spacial score (nSPS) is 30.0. The van der Waals surface area contributed by atoms with E-state index in [9.17, 15) is 0 Å². The molecule has 0 N–H and O–H groups in total. The van der Waals surface area contributed by atoms with Gasteiger partial charge in [-0.05, 0) is 52.4 Å². The molecule has 1 nitrogen and oxygen atoms in total. The van der Waals surface area contributed by atoms with Crippen LogP contribution in [0.5, 0.6) is 0 Å². The molecule has 1 heteroatoms. The van der Waals surface area contributed by atoms with Gasteiger partial charge in [-0.1, -0.05) is 5.57 Å². The molecule has 1 aliphatic heterocycles. The van der Waals surface area contributed by atoms with E-state index in [0.717, 1.165) is 6.04 Å². The number of rotatable bonds is 1. The fourth-order valence-corrected chi connectivity index (χ4v) is 2.76. The van der Waals surface area contributed by atoms with Gasteiger partial charge in [-0.2, -0.15) is 0 Å². The van der Waals surface area contributed by atoms with E-state index >= 15 is 0 Å². The first kappa shape index (κ1) is 9.11. The SMILES string of the molecule is CC1=C(N2CCC[C@H]2C)CCCC1. The molecule has 1 aliphatic carbocycles. The van der Waals surface area contributed by atoms with Gasteiger partial charge in [0.2, 0.25) is 0 Å². The smallest absolute Gasteiger partial charge is 0.0259 e. The third-order valence-corrected chi connectivity index (χ3v) is 3.61. The monoisotopic (exact) mass is 179 g/mol. The Balaban J connectivity index is 2.13. The molecule has 13 heavy (non-hydrogen) atoms. The van der Waals surface area contributed by atoms with Crippen molar-refractivity contribution >= 4 is 0 Å². The zero-order chi connectivity index (χ0) is 9.26. The first-order chi connectivity index (χ1) is 6.29. The summed E-state index contributed by atoms with van der Waals surface area (Å²) in [6, 6.07) is 0.808. The van der Waals surface area contributed by atoms with E-state index in [2.05, 4.69) is 18.7 Å². The van der Waals surface area contributed by atoms with Gasteiger partial charge in [0.05, 0.1) is 0 Å². The van der Waals surface area contributed by atoms with Crippen molar-refractivity contribution in [3.05, 3.63) is 11.3 Å². The predicted octanol–water partition coefficient (Wildman–Crippen LogP) is 3.32. The van der Waals surface area contributed by atoms with Gasteiger partial charge in [0, 0.05) is 18.3 Å². The Morgan fingerprint density at radius 3 is 2.54 bits per heavy atom. The molecule has 2 aliphatic rings. The molecule has 0 aromatic rings. The standard InChI is InChI=1S/C12H21N/c1-10-6-3-4-8-12(10)13-9-5-7-11(13)2/h11H,3-9H2,1-2H3/t11-/m1/s1. The molecule has 0 spiro atoms. The van der Waals surface area contributed by atoms with E-state index in [-0.39, 0.29) is 0 Å². The molecule has 0 bridgehead atoms. The van der Waals surface area contributed by atoms with E-state index in [4.69, 9.17) is 0 Å². The van der Waals surface area contributed by atoms with Crippen LogP contribution in [0.4, 0.5) is 0 Å². The van der Waals surface area contributed by atoms with Gasteiger partial charge >= 0.3 is 0 Å². The first-order valence-electron chi connectivity index (χ1n) is 5.74. The number of allylic oxidation sites excluding steroid dienone is 2. The highest BCUT2D eigenvalue weighted by atomic mass is 15.2. The van der Waals surface area contributed by atoms with Crippen molar-refractivity contribution in [2.45, 2.75) is 58.4 Å².